The van der Waals surface area contributed by atoms with Crippen molar-refractivity contribution in [3.63, 3.8) is 0 Å². The van der Waals surface area contributed by atoms with E-state index in [1.807, 2.05) is 30.3 Å². The minimum atomic E-state index is -1.17. The van der Waals surface area contributed by atoms with Gasteiger partial charge in [-0.15, -0.1) is 0 Å². The highest BCUT2D eigenvalue weighted by Crippen LogP contribution is 2.41. The predicted molar refractivity (Wildman–Crippen MR) is 104 cm³/mol. The Bertz CT molecular complexity index is 860. The van der Waals surface area contributed by atoms with Crippen molar-refractivity contribution in [3.8, 4) is 0 Å². The maximum absolute atomic E-state index is 14.1. The van der Waals surface area contributed by atoms with Crippen molar-refractivity contribution < 1.29 is 23.4 Å². The number of hydrogen-bond acceptors (Lipinski definition) is 3. The lowest BCUT2D eigenvalue weighted by molar-refractivity contribution is -0.0849. The summed E-state index contributed by atoms with van der Waals surface area (Å²) in [7, 11) is 0. The Labute approximate surface area is 169 Å². The zero-order valence-corrected chi connectivity index (χ0v) is 16.2. The van der Waals surface area contributed by atoms with E-state index >= 15 is 0 Å². The molecule has 2 saturated heterocycles. The topological polar surface area (TPSA) is 49.8 Å². The molecule has 2 atom stereocenters. The molecule has 4 rings (SSSR count). The summed E-state index contributed by atoms with van der Waals surface area (Å²) in [4.78, 5) is 14.5. The highest BCUT2D eigenvalue weighted by Gasteiger charge is 2.48. The summed E-state index contributed by atoms with van der Waals surface area (Å²) in [5, 5.41) is 11.2. The largest absolute Gasteiger partial charge is 0.445 e. The number of piperidine rings is 2. The Kier molecular flexibility index (Phi) is 5.54. The molecular weight excluding hydrogens is 376 g/mol. The Morgan fingerprint density at radius 2 is 1.79 bits per heavy atom. The predicted octanol–water partition coefficient (Wildman–Crippen LogP) is 4.59. The molecule has 2 aromatic rings. The van der Waals surface area contributed by atoms with Crippen molar-refractivity contribution in [3.05, 3.63) is 71.3 Å². The SMILES string of the molecule is O=C(OCc1ccccc1)N1C2CCCC1CC(O)(Cc1cc(F)ccc1F)C2. The van der Waals surface area contributed by atoms with E-state index in [0.29, 0.717) is 12.8 Å². The molecule has 0 aromatic heterocycles. The van der Waals surface area contributed by atoms with Crippen LogP contribution in [0.2, 0.25) is 0 Å². The lowest BCUT2D eigenvalue weighted by atomic mass is 9.73. The van der Waals surface area contributed by atoms with E-state index in [0.717, 1.165) is 43.0 Å². The van der Waals surface area contributed by atoms with Gasteiger partial charge in [-0.25, -0.2) is 13.6 Å². The molecule has 2 aliphatic rings. The van der Waals surface area contributed by atoms with Gasteiger partial charge in [-0.05, 0) is 61.4 Å². The van der Waals surface area contributed by atoms with E-state index < -0.39 is 17.2 Å². The molecule has 29 heavy (non-hydrogen) atoms. The van der Waals surface area contributed by atoms with Crippen molar-refractivity contribution >= 4 is 6.09 Å². The van der Waals surface area contributed by atoms with Crippen molar-refractivity contribution in [2.45, 2.75) is 62.8 Å². The lowest BCUT2D eigenvalue weighted by Crippen LogP contribution is -2.60. The first-order valence-corrected chi connectivity index (χ1v) is 10.1. The van der Waals surface area contributed by atoms with Crippen molar-refractivity contribution in [1.29, 1.82) is 0 Å². The Hall–Kier alpha value is -2.47. The summed E-state index contributed by atoms with van der Waals surface area (Å²) >= 11 is 0. The van der Waals surface area contributed by atoms with E-state index in [9.17, 15) is 18.7 Å². The summed E-state index contributed by atoms with van der Waals surface area (Å²) in [6.45, 7) is 0.203. The molecule has 2 fully saturated rings. The number of ether oxygens (including phenoxy) is 1. The number of fused-ring (bicyclic) bond motifs is 2. The molecule has 1 N–H and O–H groups in total. The van der Waals surface area contributed by atoms with Crippen LogP contribution in [-0.2, 0) is 17.8 Å². The van der Waals surface area contributed by atoms with Crippen molar-refractivity contribution in [1.82, 2.24) is 4.90 Å². The number of carbonyl (C=O) groups excluding carboxylic acids is 1. The maximum atomic E-state index is 14.1. The second-order valence-corrected chi connectivity index (χ2v) is 8.23. The number of benzene rings is 2. The molecule has 6 heteroatoms. The summed E-state index contributed by atoms with van der Waals surface area (Å²) < 4.78 is 33.1. The summed E-state index contributed by atoms with van der Waals surface area (Å²) in [5.74, 6) is -1.04. The van der Waals surface area contributed by atoms with Gasteiger partial charge in [-0.1, -0.05) is 30.3 Å². The molecule has 0 saturated carbocycles. The van der Waals surface area contributed by atoms with Crippen LogP contribution in [-0.4, -0.2) is 33.8 Å². The Morgan fingerprint density at radius 3 is 2.48 bits per heavy atom. The van der Waals surface area contributed by atoms with Gasteiger partial charge in [0.1, 0.15) is 18.2 Å². The van der Waals surface area contributed by atoms with Crippen LogP contribution >= 0.6 is 0 Å². The molecular formula is C23H25F2NO3. The zero-order valence-electron chi connectivity index (χ0n) is 16.2. The second kappa shape index (κ2) is 8.11. The lowest BCUT2D eigenvalue weighted by Gasteiger charge is -2.51. The van der Waals surface area contributed by atoms with Crippen molar-refractivity contribution in [2.75, 3.05) is 0 Å². The number of carbonyl (C=O) groups is 1. The van der Waals surface area contributed by atoms with Gasteiger partial charge in [-0.3, -0.25) is 0 Å². The van der Waals surface area contributed by atoms with E-state index in [-0.39, 0.29) is 36.8 Å². The number of aliphatic hydroxyl groups is 1. The van der Waals surface area contributed by atoms with Crippen molar-refractivity contribution in [2.24, 2.45) is 0 Å². The average molecular weight is 401 g/mol. The second-order valence-electron chi connectivity index (χ2n) is 8.23. The first kappa shape index (κ1) is 19.8. The normalized spacial score (nSPS) is 26.2. The summed E-state index contributed by atoms with van der Waals surface area (Å²) in [5.41, 5.74) is -0.0765. The smallest absolute Gasteiger partial charge is 0.410 e. The Balaban J connectivity index is 1.45. The number of hydrogen-bond donors (Lipinski definition) is 1. The fourth-order valence-corrected chi connectivity index (χ4v) is 4.80. The van der Waals surface area contributed by atoms with Crippen LogP contribution < -0.4 is 0 Å². The van der Waals surface area contributed by atoms with Gasteiger partial charge in [-0.2, -0.15) is 0 Å². The van der Waals surface area contributed by atoms with Gasteiger partial charge in [0.25, 0.3) is 0 Å². The highest BCUT2D eigenvalue weighted by molar-refractivity contribution is 5.69. The third kappa shape index (κ3) is 4.42. The quantitative estimate of drug-likeness (QED) is 0.815. The van der Waals surface area contributed by atoms with Gasteiger partial charge in [0.05, 0.1) is 5.60 Å². The van der Waals surface area contributed by atoms with Gasteiger partial charge in [0.2, 0.25) is 0 Å². The molecule has 2 unspecified atom stereocenters. The third-order valence-electron chi connectivity index (χ3n) is 6.04. The number of halogens is 2. The molecule has 2 heterocycles. The van der Waals surface area contributed by atoms with Crippen LogP contribution in [0.1, 0.15) is 43.2 Å². The standard InChI is InChI=1S/C23H25F2NO3/c24-18-9-10-21(25)17(11-18)12-23(28)13-19-7-4-8-20(14-23)26(19)22(27)29-15-16-5-2-1-3-6-16/h1-3,5-6,9-11,19-20,28H,4,7-8,12-15H2. The maximum Gasteiger partial charge on any atom is 0.410 e. The van der Waals surface area contributed by atoms with E-state index in [1.165, 1.54) is 0 Å². The van der Waals surface area contributed by atoms with Gasteiger partial charge in [0.15, 0.2) is 0 Å². The van der Waals surface area contributed by atoms with Gasteiger partial charge < -0.3 is 14.7 Å². The average Bonchev–Trinajstić information content (AvgIpc) is 2.69. The van der Waals surface area contributed by atoms with Crippen LogP contribution in [0.4, 0.5) is 13.6 Å². The number of nitrogens with zero attached hydrogens (tertiary/aromatic N) is 1. The number of amides is 1. The molecule has 0 radical (unpaired) electrons. The highest BCUT2D eigenvalue weighted by atomic mass is 19.1. The van der Waals surface area contributed by atoms with Crippen LogP contribution in [0.5, 0.6) is 0 Å². The van der Waals surface area contributed by atoms with Crippen LogP contribution in [0.3, 0.4) is 0 Å². The van der Waals surface area contributed by atoms with E-state index in [1.54, 1.807) is 4.90 Å². The molecule has 0 spiro atoms. The number of rotatable bonds is 4. The van der Waals surface area contributed by atoms with Crippen LogP contribution in [0.15, 0.2) is 48.5 Å². The van der Waals surface area contributed by atoms with E-state index in [4.69, 9.17) is 4.74 Å². The van der Waals surface area contributed by atoms with Gasteiger partial charge in [0, 0.05) is 18.5 Å². The molecule has 2 bridgehead atoms. The molecule has 154 valence electrons. The molecule has 4 nitrogen and oxygen atoms in total. The molecule has 1 amide bonds. The molecule has 2 aromatic carbocycles. The zero-order chi connectivity index (χ0) is 20.4. The summed E-state index contributed by atoms with van der Waals surface area (Å²) in [6.07, 6.45) is 2.84. The minimum Gasteiger partial charge on any atom is -0.445 e. The van der Waals surface area contributed by atoms with Crippen LogP contribution in [0.25, 0.3) is 0 Å². The third-order valence-corrected chi connectivity index (χ3v) is 6.04. The molecule has 0 aliphatic carbocycles. The Morgan fingerprint density at radius 1 is 1.10 bits per heavy atom. The first-order chi connectivity index (χ1) is 13.9. The first-order valence-electron chi connectivity index (χ1n) is 10.1. The van der Waals surface area contributed by atoms with E-state index in [2.05, 4.69) is 0 Å². The minimum absolute atomic E-state index is 0.0382. The summed E-state index contributed by atoms with van der Waals surface area (Å²) in [6, 6.07) is 12.5. The monoisotopic (exact) mass is 401 g/mol. The van der Waals surface area contributed by atoms with Gasteiger partial charge >= 0.3 is 6.09 Å². The molecule has 2 aliphatic heterocycles. The van der Waals surface area contributed by atoms with Crippen LogP contribution in [0, 0.1) is 11.6 Å². The fourth-order valence-electron chi connectivity index (χ4n) is 4.80. The fraction of sp³-hybridized carbons (Fsp3) is 0.435.